The predicted octanol–water partition coefficient (Wildman–Crippen LogP) is 4.57. The number of alkyl halides is 3. The van der Waals surface area contributed by atoms with Gasteiger partial charge in [-0.25, -0.2) is 9.45 Å². The minimum atomic E-state index is -4.89. The zero-order chi connectivity index (χ0) is 26.4. The van der Waals surface area contributed by atoms with Crippen LogP contribution in [0.1, 0.15) is 46.0 Å². The lowest BCUT2D eigenvalue weighted by Gasteiger charge is -2.30. The molecule has 0 spiro atoms. The Bertz CT molecular complexity index is 1240. The van der Waals surface area contributed by atoms with Crippen LogP contribution in [0.2, 0.25) is 5.02 Å². The highest BCUT2D eigenvalue weighted by molar-refractivity contribution is 6.30. The van der Waals surface area contributed by atoms with E-state index in [0.717, 1.165) is 17.2 Å². The number of likely N-dealkylation sites (N-methyl/N-ethyl adjacent to an activating group) is 1. The van der Waals surface area contributed by atoms with Crippen molar-refractivity contribution in [2.45, 2.75) is 45.0 Å². The molecule has 2 aliphatic rings. The summed E-state index contributed by atoms with van der Waals surface area (Å²) >= 11 is 5.81. The summed E-state index contributed by atoms with van der Waals surface area (Å²) < 4.78 is 56.7. The Morgan fingerprint density at radius 3 is 2.56 bits per heavy atom. The van der Waals surface area contributed by atoms with Gasteiger partial charge in [0.05, 0.1) is 10.7 Å². The van der Waals surface area contributed by atoms with Crippen LogP contribution in [-0.2, 0) is 20.1 Å². The van der Waals surface area contributed by atoms with Crippen LogP contribution in [0.15, 0.2) is 35.5 Å². The van der Waals surface area contributed by atoms with Crippen molar-refractivity contribution in [1.82, 2.24) is 10.4 Å². The van der Waals surface area contributed by atoms with Crippen molar-refractivity contribution in [3.05, 3.63) is 69.0 Å². The van der Waals surface area contributed by atoms with E-state index >= 15 is 0 Å². The molecule has 2 unspecified atom stereocenters. The third-order valence-electron chi connectivity index (χ3n) is 6.20. The fraction of sp³-hybridized carbons (Fsp3) is 0.375. The van der Waals surface area contributed by atoms with E-state index in [1.807, 2.05) is 0 Å². The lowest BCUT2D eigenvalue weighted by molar-refractivity contribution is -0.275. The van der Waals surface area contributed by atoms with Gasteiger partial charge in [0, 0.05) is 24.1 Å². The number of oxime groups is 1. The topological polar surface area (TPSA) is 80.2 Å². The molecule has 2 heterocycles. The maximum absolute atomic E-state index is 14.3. The number of nitrogens with zero attached hydrogens (tertiary/aromatic N) is 2. The first kappa shape index (κ1) is 25.9. The number of benzene rings is 2. The van der Waals surface area contributed by atoms with E-state index in [1.165, 1.54) is 25.1 Å². The third-order valence-corrected chi connectivity index (χ3v) is 6.48. The molecule has 0 aromatic heterocycles. The molecule has 1 N–H and O–H groups in total. The number of nitrogens with one attached hydrogen (secondary N) is 1. The maximum Gasteiger partial charge on any atom is 0.435 e. The molecule has 192 valence electrons. The highest BCUT2D eigenvalue weighted by Crippen LogP contribution is 2.49. The molecule has 2 aromatic rings. The zero-order valence-electron chi connectivity index (χ0n) is 19.5. The average molecular weight is 528 g/mol. The van der Waals surface area contributed by atoms with E-state index in [2.05, 4.69) is 10.5 Å². The van der Waals surface area contributed by atoms with Crippen LogP contribution >= 0.6 is 11.6 Å². The fourth-order valence-corrected chi connectivity index (χ4v) is 4.44. The summed E-state index contributed by atoms with van der Waals surface area (Å²) in [5.41, 5.74) is -2.26. The van der Waals surface area contributed by atoms with Gasteiger partial charge in [0.15, 0.2) is 0 Å². The Labute approximate surface area is 208 Å². The van der Waals surface area contributed by atoms with Gasteiger partial charge in [0.2, 0.25) is 0 Å². The maximum atomic E-state index is 14.3. The zero-order valence-corrected chi connectivity index (χ0v) is 20.3. The predicted molar refractivity (Wildman–Crippen MR) is 122 cm³/mol. The number of rotatable bonds is 5. The summed E-state index contributed by atoms with van der Waals surface area (Å²) in [4.78, 5) is 35.1. The number of amides is 2. The van der Waals surface area contributed by atoms with Crippen LogP contribution in [-0.4, -0.2) is 48.0 Å². The van der Waals surface area contributed by atoms with Gasteiger partial charge < -0.3 is 10.2 Å². The van der Waals surface area contributed by atoms with E-state index in [1.54, 1.807) is 13.8 Å². The number of carbonyl (C=O) groups is 2. The van der Waals surface area contributed by atoms with Crippen LogP contribution in [0, 0.1) is 19.7 Å². The molecule has 0 saturated carbocycles. The number of hydrogen-bond donors (Lipinski definition) is 1. The molecule has 1 saturated heterocycles. The smallest absolute Gasteiger partial charge is 0.374 e. The quantitative estimate of drug-likeness (QED) is 0.578. The highest BCUT2D eigenvalue weighted by atomic mass is 35.5. The molecule has 7 nitrogen and oxygen atoms in total. The van der Waals surface area contributed by atoms with E-state index in [4.69, 9.17) is 21.3 Å². The number of hydroxylamine groups is 2. The molecule has 0 radical (unpaired) electrons. The van der Waals surface area contributed by atoms with Gasteiger partial charge in [-0.1, -0.05) is 22.8 Å². The van der Waals surface area contributed by atoms with Crippen molar-refractivity contribution < 1.29 is 36.8 Å². The first-order valence-corrected chi connectivity index (χ1v) is 11.4. The summed E-state index contributed by atoms with van der Waals surface area (Å²) in [5, 5.41) is 7.01. The largest absolute Gasteiger partial charge is 0.435 e. The minimum Gasteiger partial charge on any atom is -0.374 e. The Balaban J connectivity index is 1.57. The lowest BCUT2D eigenvalue weighted by atomic mass is 9.85. The molecule has 2 aliphatic heterocycles. The second-order valence-electron chi connectivity index (χ2n) is 8.60. The molecule has 4 rings (SSSR count). The van der Waals surface area contributed by atoms with Gasteiger partial charge in [-0.3, -0.25) is 14.4 Å². The van der Waals surface area contributed by atoms with Crippen LogP contribution < -0.4 is 5.32 Å². The normalized spacial score (nSPS) is 22.0. The van der Waals surface area contributed by atoms with Gasteiger partial charge in [-0.2, -0.15) is 13.2 Å². The SMILES string of the molecule is CCN1OCC(NC(=O)c2ccc(C3=NOC(c4cc(C)c(F)c(Cl)c4)(C(F)(F)F)C3)cc2C)C1=O. The number of aryl methyl sites for hydroxylation is 2. The lowest BCUT2D eigenvalue weighted by Crippen LogP contribution is -2.43. The molecule has 12 heteroatoms. The summed E-state index contributed by atoms with van der Waals surface area (Å²) in [6, 6.07) is 5.50. The second kappa shape index (κ2) is 9.36. The number of hydrogen-bond acceptors (Lipinski definition) is 5. The first-order chi connectivity index (χ1) is 16.9. The molecule has 1 fully saturated rings. The Morgan fingerprint density at radius 2 is 1.97 bits per heavy atom. The molecular weight excluding hydrogens is 506 g/mol. The van der Waals surface area contributed by atoms with Gasteiger partial charge in [-0.05, 0) is 61.7 Å². The Hall–Kier alpha value is -3.18. The van der Waals surface area contributed by atoms with Crippen LogP contribution in [0.3, 0.4) is 0 Å². The summed E-state index contributed by atoms with van der Waals surface area (Å²) in [6.45, 7) is 5.01. The number of carbonyl (C=O) groups excluding carboxylic acids is 2. The van der Waals surface area contributed by atoms with Gasteiger partial charge >= 0.3 is 6.18 Å². The molecule has 0 bridgehead atoms. The van der Waals surface area contributed by atoms with Crippen molar-refractivity contribution in [2.75, 3.05) is 13.2 Å². The van der Waals surface area contributed by atoms with Gasteiger partial charge in [-0.15, -0.1) is 0 Å². The molecule has 2 aromatic carbocycles. The first-order valence-electron chi connectivity index (χ1n) is 11.0. The molecule has 2 amide bonds. The van der Waals surface area contributed by atoms with Crippen molar-refractivity contribution in [3.8, 4) is 0 Å². The molecule has 36 heavy (non-hydrogen) atoms. The summed E-state index contributed by atoms with van der Waals surface area (Å²) in [5.74, 6) is -1.70. The van der Waals surface area contributed by atoms with Crippen molar-refractivity contribution in [1.29, 1.82) is 0 Å². The molecular formula is C24H22ClF4N3O4. The van der Waals surface area contributed by atoms with Crippen molar-refractivity contribution >= 4 is 29.1 Å². The summed E-state index contributed by atoms with van der Waals surface area (Å²) in [6.07, 6.45) is -5.56. The summed E-state index contributed by atoms with van der Waals surface area (Å²) in [7, 11) is 0. The van der Waals surface area contributed by atoms with Crippen molar-refractivity contribution in [2.24, 2.45) is 5.16 Å². The second-order valence-corrected chi connectivity index (χ2v) is 9.01. The van der Waals surface area contributed by atoms with Gasteiger partial charge in [0.1, 0.15) is 18.5 Å². The van der Waals surface area contributed by atoms with Crippen LogP contribution in [0.25, 0.3) is 0 Å². The van der Waals surface area contributed by atoms with E-state index < -0.39 is 41.0 Å². The molecule has 0 aliphatic carbocycles. The van der Waals surface area contributed by atoms with Crippen LogP contribution in [0.4, 0.5) is 17.6 Å². The minimum absolute atomic E-state index is 0.00144. The van der Waals surface area contributed by atoms with Crippen LogP contribution in [0.5, 0.6) is 0 Å². The highest BCUT2D eigenvalue weighted by Gasteiger charge is 2.62. The standard InChI is InChI=1S/C24H22ClF4N3O4/c1-4-32-22(34)19(11-35-32)30-21(33)16-6-5-14(7-12(16)2)18-10-23(36-31-18,24(27,28)29)15-8-13(3)20(26)17(25)9-15/h5-9,19H,4,10-11H2,1-3H3,(H,30,33). The van der Waals surface area contributed by atoms with E-state index in [-0.39, 0.29) is 34.9 Å². The Kier molecular flexibility index (Phi) is 6.74. The third kappa shape index (κ3) is 4.41. The fourth-order valence-electron chi connectivity index (χ4n) is 4.18. The van der Waals surface area contributed by atoms with E-state index in [0.29, 0.717) is 17.7 Å². The average Bonchev–Trinajstić information content (AvgIpc) is 3.42. The number of halogens is 5. The van der Waals surface area contributed by atoms with Gasteiger partial charge in [0.25, 0.3) is 17.4 Å². The molecule has 2 atom stereocenters. The van der Waals surface area contributed by atoms with Crippen molar-refractivity contribution in [3.63, 3.8) is 0 Å². The van der Waals surface area contributed by atoms with E-state index in [9.17, 15) is 27.2 Å². The Morgan fingerprint density at radius 1 is 1.25 bits per heavy atom. The monoisotopic (exact) mass is 527 g/mol.